The molecular formula is C20H14FNO3. The van der Waals surface area contributed by atoms with Crippen LogP contribution in [-0.4, -0.2) is 16.1 Å². The summed E-state index contributed by atoms with van der Waals surface area (Å²) in [6.07, 6.45) is 0. The summed E-state index contributed by atoms with van der Waals surface area (Å²) in [5, 5.41) is 21.8. The molecule has 4 nitrogen and oxygen atoms in total. The Bertz CT molecular complexity index is 920. The fourth-order valence-corrected chi connectivity index (χ4v) is 3.46. The maximum absolute atomic E-state index is 14.3. The van der Waals surface area contributed by atoms with E-state index in [0.29, 0.717) is 16.7 Å². The van der Waals surface area contributed by atoms with Crippen molar-refractivity contribution in [2.75, 3.05) is 5.32 Å². The van der Waals surface area contributed by atoms with Crippen molar-refractivity contribution in [3.05, 3.63) is 89.2 Å². The fourth-order valence-electron chi connectivity index (χ4n) is 3.46. The zero-order valence-corrected chi connectivity index (χ0v) is 13.0. The van der Waals surface area contributed by atoms with Gasteiger partial charge in [0.1, 0.15) is 22.7 Å². The van der Waals surface area contributed by atoms with E-state index in [9.17, 15) is 19.4 Å². The van der Waals surface area contributed by atoms with Gasteiger partial charge in [-0.05, 0) is 41.5 Å². The van der Waals surface area contributed by atoms with E-state index in [0.717, 1.165) is 0 Å². The maximum atomic E-state index is 14.3. The number of para-hydroxylation sites is 1. The van der Waals surface area contributed by atoms with E-state index in [-0.39, 0.29) is 23.1 Å². The number of phenols is 2. The van der Waals surface area contributed by atoms with Gasteiger partial charge in [-0.25, -0.2) is 4.39 Å². The molecule has 3 aromatic rings. The first-order chi connectivity index (χ1) is 12.0. The van der Waals surface area contributed by atoms with Crippen molar-refractivity contribution in [1.82, 2.24) is 0 Å². The van der Waals surface area contributed by atoms with Crippen LogP contribution in [0.15, 0.2) is 66.7 Å². The molecule has 4 rings (SSSR count). The van der Waals surface area contributed by atoms with Crippen LogP contribution in [-0.2, 0) is 10.2 Å². The second-order valence-corrected chi connectivity index (χ2v) is 5.96. The summed E-state index contributed by atoms with van der Waals surface area (Å²) in [7, 11) is 0. The molecule has 3 N–H and O–H groups in total. The Morgan fingerprint density at radius 2 is 1.32 bits per heavy atom. The minimum atomic E-state index is -1.27. The third kappa shape index (κ3) is 2.09. The van der Waals surface area contributed by atoms with Crippen LogP contribution in [0.5, 0.6) is 11.5 Å². The Balaban J connectivity index is 2.08. The van der Waals surface area contributed by atoms with Gasteiger partial charge in [-0.2, -0.15) is 0 Å². The number of amides is 1. The van der Waals surface area contributed by atoms with Crippen LogP contribution >= 0.6 is 0 Å². The summed E-state index contributed by atoms with van der Waals surface area (Å²) in [5.74, 6) is -0.751. The molecule has 0 aliphatic carbocycles. The van der Waals surface area contributed by atoms with Gasteiger partial charge in [-0.15, -0.1) is 0 Å². The zero-order chi connectivity index (χ0) is 17.6. The first-order valence-corrected chi connectivity index (χ1v) is 7.73. The molecule has 0 radical (unpaired) electrons. The van der Waals surface area contributed by atoms with Gasteiger partial charge in [0.05, 0.1) is 5.69 Å². The highest BCUT2D eigenvalue weighted by Crippen LogP contribution is 2.48. The minimum Gasteiger partial charge on any atom is -0.508 e. The standard InChI is InChI=1S/C20H14FNO3/c21-17-3-1-2-16-18(17)22-19(25)20(16,12-4-8-14(23)9-5-12)13-6-10-15(24)11-7-13/h1-11,23-24H,(H,22,25). The molecule has 0 saturated heterocycles. The smallest absolute Gasteiger partial charge is 0.244 e. The van der Waals surface area contributed by atoms with Crippen molar-refractivity contribution in [3.63, 3.8) is 0 Å². The number of fused-ring (bicyclic) bond motifs is 1. The third-order valence-corrected chi connectivity index (χ3v) is 4.60. The molecule has 1 heterocycles. The molecule has 3 aromatic carbocycles. The molecule has 0 aromatic heterocycles. The van der Waals surface area contributed by atoms with Crippen molar-refractivity contribution in [2.45, 2.75) is 5.41 Å². The van der Waals surface area contributed by atoms with Crippen LogP contribution in [0.4, 0.5) is 10.1 Å². The van der Waals surface area contributed by atoms with Crippen LogP contribution in [0.3, 0.4) is 0 Å². The summed E-state index contributed by atoms with van der Waals surface area (Å²) < 4.78 is 14.3. The molecule has 1 aliphatic heterocycles. The van der Waals surface area contributed by atoms with E-state index in [4.69, 9.17) is 0 Å². The van der Waals surface area contributed by atoms with Gasteiger partial charge < -0.3 is 15.5 Å². The Labute approximate surface area is 143 Å². The predicted molar refractivity (Wildman–Crippen MR) is 91.1 cm³/mol. The number of carbonyl (C=O) groups excluding carboxylic acids is 1. The highest BCUT2D eigenvalue weighted by molar-refractivity contribution is 6.11. The van der Waals surface area contributed by atoms with Crippen LogP contribution in [0.25, 0.3) is 0 Å². The Hall–Kier alpha value is -3.34. The van der Waals surface area contributed by atoms with Gasteiger partial charge in [0, 0.05) is 5.56 Å². The lowest BCUT2D eigenvalue weighted by atomic mass is 9.70. The first-order valence-electron chi connectivity index (χ1n) is 7.73. The number of rotatable bonds is 2. The zero-order valence-electron chi connectivity index (χ0n) is 13.0. The topological polar surface area (TPSA) is 69.6 Å². The van der Waals surface area contributed by atoms with E-state index in [2.05, 4.69) is 5.32 Å². The SMILES string of the molecule is O=C1Nc2c(F)cccc2C1(c1ccc(O)cc1)c1ccc(O)cc1. The van der Waals surface area contributed by atoms with E-state index in [1.54, 1.807) is 36.4 Å². The number of benzene rings is 3. The number of aromatic hydroxyl groups is 2. The number of hydrogen-bond donors (Lipinski definition) is 3. The Kier molecular flexibility index (Phi) is 3.25. The van der Waals surface area contributed by atoms with Crippen LogP contribution in [0.2, 0.25) is 0 Å². The second-order valence-electron chi connectivity index (χ2n) is 5.96. The van der Waals surface area contributed by atoms with E-state index in [1.165, 1.54) is 30.3 Å². The largest absolute Gasteiger partial charge is 0.508 e. The van der Waals surface area contributed by atoms with Crippen molar-refractivity contribution in [3.8, 4) is 11.5 Å². The van der Waals surface area contributed by atoms with Gasteiger partial charge in [-0.1, -0.05) is 36.4 Å². The summed E-state index contributed by atoms with van der Waals surface area (Å²) in [4.78, 5) is 13.1. The average Bonchev–Trinajstić information content (AvgIpc) is 2.91. The quantitative estimate of drug-likeness (QED) is 0.671. The number of carbonyl (C=O) groups is 1. The molecule has 0 unspecified atom stereocenters. The number of phenolic OH excluding ortho intramolecular Hbond substituents is 2. The molecule has 124 valence electrons. The van der Waals surface area contributed by atoms with Gasteiger partial charge >= 0.3 is 0 Å². The molecule has 0 saturated carbocycles. The number of nitrogens with one attached hydrogen (secondary N) is 1. The van der Waals surface area contributed by atoms with Crippen molar-refractivity contribution in [2.24, 2.45) is 0 Å². The molecule has 0 bridgehead atoms. The summed E-state index contributed by atoms with van der Waals surface area (Å²) in [6.45, 7) is 0. The van der Waals surface area contributed by atoms with Crippen LogP contribution < -0.4 is 5.32 Å². The molecule has 25 heavy (non-hydrogen) atoms. The molecule has 0 fully saturated rings. The van der Waals surface area contributed by atoms with E-state index in [1.807, 2.05) is 0 Å². The van der Waals surface area contributed by atoms with Gasteiger partial charge in [0.2, 0.25) is 5.91 Å². The lowest BCUT2D eigenvalue weighted by Gasteiger charge is -2.29. The summed E-state index contributed by atoms with van der Waals surface area (Å²) in [5.41, 5.74) is 0.567. The normalized spacial score (nSPS) is 14.8. The number of hydrogen-bond acceptors (Lipinski definition) is 3. The van der Waals surface area contributed by atoms with Gasteiger partial charge in [-0.3, -0.25) is 4.79 Å². The third-order valence-electron chi connectivity index (χ3n) is 4.60. The summed E-state index contributed by atoms with van der Waals surface area (Å²) >= 11 is 0. The highest BCUT2D eigenvalue weighted by atomic mass is 19.1. The van der Waals surface area contributed by atoms with E-state index >= 15 is 0 Å². The van der Waals surface area contributed by atoms with E-state index < -0.39 is 11.2 Å². The molecule has 0 spiro atoms. The lowest BCUT2D eigenvalue weighted by Crippen LogP contribution is -2.36. The number of anilines is 1. The van der Waals surface area contributed by atoms with Gasteiger partial charge in [0.25, 0.3) is 0 Å². The average molecular weight is 335 g/mol. The second kappa shape index (κ2) is 5.34. The molecule has 5 heteroatoms. The minimum absolute atomic E-state index is 0.0717. The molecule has 1 aliphatic rings. The van der Waals surface area contributed by atoms with Crippen molar-refractivity contribution in [1.29, 1.82) is 0 Å². The Morgan fingerprint density at radius 1 is 0.800 bits per heavy atom. The van der Waals surface area contributed by atoms with Crippen LogP contribution in [0.1, 0.15) is 16.7 Å². The summed E-state index contributed by atoms with van der Waals surface area (Å²) in [6, 6.07) is 17.1. The molecular weight excluding hydrogens is 321 g/mol. The van der Waals surface area contributed by atoms with Crippen molar-refractivity contribution >= 4 is 11.6 Å². The van der Waals surface area contributed by atoms with Crippen molar-refractivity contribution < 1.29 is 19.4 Å². The van der Waals surface area contributed by atoms with Crippen LogP contribution in [0, 0.1) is 5.82 Å². The first kappa shape index (κ1) is 15.2. The highest BCUT2D eigenvalue weighted by Gasteiger charge is 2.50. The monoisotopic (exact) mass is 335 g/mol. The van der Waals surface area contributed by atoms with Gasteiger partial charge in [0.15, 0.2) is 0 Å². The molecule has 0 atom stereocenters. The fraction of sp³-hybridized carbons (Fsp3) is 0.0500. The molecule has 1 amide bonds. The lowest BCUT2D eigenvalue weighted by molar-refractivity contribution is -0.118. The Morgan fingerprint density at radius 3 is 1.84 bits per heavy atom. The maximum Gasteiger partial charge on any atom is 0.244 e. The number of halogens is 1. The predicted octanol–water partition coefficient (Wildman–Crippen LogP) is 3.52.